The van der Waals surface area contributed by atoms with Crippen LogP contribution in [0, 0.1) is 0 Å². The number of para-hydroxylation sites is 1. The lowest BCUT2D eigenvalue weighted by Gasteiger charge is -2.30. The van der Waals surface area contributed by atoms with Gasteiger partial charge < -0.3 is 16.0 Å². The molecule has 1 atom stereocenters. The molecule has 3 rings (SSSR count). The molecule has 120 valence electrons. The topological polar surface area (TPSA) is 53.2 Å². The fourth-order valence-corrected chi connectivity index (χ4v) is 2.99. The normalized spacial score (nSPS) is 17.0. The smallest absolute Gasteiger partial charge is 0.255 e. The number of anilines is 1. The summed E-state index contributed by atoms with van der Waals surface area (Å²) >= 11 is 5.27. The molecule has 0 fully saturated rings. The molecule has 2 aromatic carbocycles. The van der Waals surface area contributed by atoms with Crippen molar-refractivity contribution >= 4 is 42.2 Å². The highest BCUT2D eigenvalue weighted by Crippen LogP contribution is 2.27. The lowest BCUT2D eigenvalue weighted by atomic mass is 9.90. The van der Waals surface area contributed by atoms with Crippen molar-refractivity contribution in [2.24, 2.45) is 0 Å². The Labute approximate surface area is 147 Å². The third-order valence-corrected chi connectivity index (χ3v) is 4.18. The molecule has 0 bridgehead atoms. The quantitative estimate of drug-likeness (QED) is 0.586. The van der Waals surface area contributed by atoms with Crippen LogP contribution in [0.2, 0.25) is 0 Å². The van der Waals surface area contributed by atoms with Crippen molar-refractivity contribution in [3.05, 3.63) is 71.4 Å². The van der Waals surface area contributed by atoms with Gasteiger partial charge in [0.25, 0.3) is 5.91 Å². The van der Waals surface area contributed by atoms with Gasteiger partial charge in [-0.15, -0.1) is 0 Å². The first kappa shape index (κ1) is 16.3. The van der Waals surface area contributed by atoms with Crippen LogP contribution in [-0.4, -0.2) is 18.9 Å². The minimum Gasteiger partial charge on any atom is -0.351 e. The first-order chi connectivity index (χ1) is 11.5. The summed E-state index contributed by atoms with van der Waals surface area (Å²) < 4.78 is 0. The summed E-state index contributed by atoms with van der Waals surface area (Å²) in [4.78, 5) is 12.8. The average molecular weight is 335 g/mol. The molecule has 1 amide bonds. The van der Waals surface area contributed by atoms with Crippen molar-refractivity contribution in [3.63, 3.8) is 0 Å². The second kappa shape index (κ2) is 6.89. The van der Waals surface area contributed by atoms with Gasteiger partial charge in [0.05, 0.1) is 11.6 Å². The van der Waals surface area contributed by atoms with Crippen LogP contribution in [-0.2, 0) is 4.79 Å². The van der Waals surface area contributed by atoms with Gasteiger partial charge in [-0.25, -0.2) is 0 Å². The maximum Gasteiger partial charge on any atom is 0.255 e. The van der Waals surface area contributed by atoms with Crippen molar-refractivity contribution in [2.75, 3.05) is 5.32 Å². The predicted molar refractivity (Wildman–Crippen MR) is 104 cm³/mol. The summed E-state index contributed by atoms with van der Waals surface area (Å²) in [6.07, 6.45) is 0. The monoisotopic (exact) mass is 335 g/mol. The van der Waals surface area contributed by atoms with Crippen LogP contribution in [0.1, 0.15) is 18.5 Å². The van der Waals surface area contributed by atoms with E-state index in [9.17, 15) is 4.79 Å². The molecule has 3 N–H and O–H groups in total. The van der Waals surface area contributed by atoms with E-state index in [1.165, 1.54) is 5.46 Å². The van der Waals surface area contributed by atoms with Crippen LogP contribution in [0.5, 0.6) is 0 Å². The average Bonchev–Trinajstić information content (AvgIpc) is 2.55. The van der Waals surface area contributed by atoms with E-state index in [4.69, 9.17) is 12.2 Å². The molecule has 24 heavy (non-hydrogen) atoms. The molecule has 1 heterocycles. The Morgan fingerprint density at radius 3 is 2.46 bits per heavy atom. The minimum absolute atomic E-state index is 0.147. The molecule has 0 spiro atoms. The summed E-state index contributed by atoms with van der Waals surface area (Å²) in [6, 6.07) is 17.2. The van der Waals surface area contributed by atoms with E-state index in [1.807, 2.05) is 69.4 Å². The second-order valence-corrected chi connectivity index (χ2v) is 6.21. The Hall–Kier alpha value is -2.60. The van der Waals surface area contributed by atoms with Gasteiger partial charge in [-0.1, -0.05) is 47.9 Å². The lowest BCUT2D eigenvalue weighted by Crippen LogP contribution is -2.45. The van der Waals surface area contributed by atoms with Gasteiger partial charge >= 0.3 is 0 Å². The Kier molecular flexibility index (Phi) is 4.67. The number of benzene rings is 2. The number of hydrogen-bond donors (Lipinski definition) is 3. The van der Waals surface area contributed by atoms with Crippen LogP contribution in [0.3, 0.4) is 0 Å². The Morgan fingerprint density at radius 1 is 1.12 bits per heavy atom. The number of allylic oxidation sites excluding steroid dienone is 1. The van der Waals surface area contributed by atoms with Gasteiger partial charge in [-0.3, -0.25) is 4.79 Å². The summed E-state index contributed by atoms with van der Waals surface area (Å²) in [7, 11) is 2.04. The van der Waals surface area contributed by atoms with E-state index in [2.05, 4.69) is 16.0 Å². The van der Waals surface area contributed by atoms with Gasteiger partial charge in [0.2, 0.25) is 0 Å². The van der Waals surface area contributed by atoms with E-state index in [1.54, 1.807) is 0 Å². The van der Waals surface area contributed by atoms with E-state index >= 15 is 0 Å². The highest BCUT2D eigenvalue weighted by Gasteiger charge is 2.29. The third-order valence-electron chi connectivity index (χ3n) is 3.96. The highest BCUT2D eigenvalue weighted by atomic mass is 32.1. The molecule has 0 saturated carbocycles. The Bertz CT molecular complexity index is 803. The van der Waals surface area contributed by atoms with Crippen LogP contribution < -0.4 is 21.4 Å². The number of hydrogen-bond acceptors (Lipinski definition) is 2. The maximum atomic E-state index is 12.8. The summed E-state index contributed by atoms with van der Waals surface area (Å²) in [6.45, 7) is 1.87. The Balaban J connectivity index is 1.94. The standard InChI is InChI=1S/C18H18BN3OS/c1-11-15(17(23)21-14-5-3-2-4-6-14)16(22-18(24)20-11)12-7-9-13(19)10-8-12/h2-10,16H,19H2,1H3,(H,21,23)(H2,20,22,24). The maximum absolute atomic E-state index is 12.8. The fourth-order valence-electron chi connectivity index (χ4n) is 2.72. The summed E-state index contributed by atoms with van der Waals surface area (Å²) in [5.41, 5.74) is 4.33. The van der Waals surface area contributed by atoms with Gasteiger partial charge in [-0.05, 0) is 36.8 Å². The zero-order valence-corrected chi connectivity index (χ0v) is 14.4. The number of carbonyl (C=O) groups is 1. The molecular weight excluding hydrogens is 317 g/mol. The van der Waals surface area contributed by atoms with Gasteiger partial charge in [0, 0.05) is 11.4 Å². The Morgan fingerprint density at radius 2 is 1.79 bits per heavy atom. The number of carbonyl (C=O) groups excluding carboxylic acids is 1. The van der Waals surface area contributed by atoms with Crippen molar-refractivity contribution in [1.82, 2.24) is 10.6 Å². The second-order valence-electron chi connectivity index (χ2n) is 5.80. The molecular formula is C18H18BN3OS. The van der Waals surface area contributed by atoms with Gasteiger partial charge in [0.1, 0.15) is 7.85 Å². The number of amides is 1. The van der Waals surface area contributed by atoms with E-state index < -0.39 is 0 Å². The van der Waals surface area contributed by atoms with E-state index in [-0.39, 0.29) is 11.9 Å². The third kappa shape index (κ3) is 3.49. The largest absolute Gasteiger partial charge is 0.351 e. The molecule has 1 aliphatic heterocycles. The molecule has 1 aliphatic rings. The molecule has 0 radical (unpaired) electrons. The summed E-state index contributed by atoms with van der Waals surface area (Å²) in [5, 5.41) is 9.72. The SMILES string of the molecule is Bc1ccc(C2NC(=S)NC(C)=C2C(=O)Nc2ccccc2)cc1. The summed E-state index contributed by atoms with van der Waals surface area (Å²) in [5.74, 6) is -0.147. The molecule has 1 unspecified atom stereocenters. The van der Waals surface area contributed by atoms with Crippen molar-refractivity contribution in [1.29, 1.82) is 0 Å². The van der Waals surface area contributed by atoms with E-state index in [0.29, 0.717) is 10.7 Å². The number of nitrogens with one attached hydrogen (secondary N) is 3. The molecule has 4 nitrogen and oxygen atoms in total. The molecule has 6 heteroatoms. The zero-order valence-electron chi connectivity index (χ0n) is 13.6. The number of thiocarbonyl (C=S) groups is 1. The highest BCUT2D eigenvalue weighted by molar-refractivity contribution is 7.80. The molecule has 2 aromatic rings. The molecule has 0 saturated heterocycles. The van der Waals surface area contributed by atoms with Crippen molar-refractivity contribution in [2.45, 2.75) is 13.0 Å². The van der Waals surface area contributed by atoms with E-state index in [0.717, 1.165) is 16.9 Å². The van der Waals surface area contributed by atoms with Crippen LogP contribution >= 0.6 is 12.2 Å². The fraction of sp³-hybridized carbons (Fsp3) is 0.111. The van der Waals surface area contributed by atoms with Gasteiger partial charge in [0.15, 0.2) is 5.11 Å². The molecule has 0 aromatic heterocycles. The molecule has 0 aliphatic carbocycles. The first-order valence-corrected chi connectivity index (χ1v) is 8.16. The van der Waals surface area contributed by atoms with Crippen molar-refractivity contribution in [3.8, 4) is 0 Å². The van der Waals surface area contributed by atoms with Gasteiger partial charge in [-0.2, -0.15) is 0 Å². The zero-order chi connectivity index (χ0) is 17.1. The van der Waals surface area contributed by atoms with Crippen LogP contribution in [0.15, 0.2) is 65.9 Å². The van der Waals surface area contributed by atoms with Crippen LogP contribution in [0.4, 0.5) is 5.69 Å². The lowest BCUT2D eigenvalue weighted by molar-refractivity contribution is -0.113. The minimum atomic E-state index is -0.275. The van der Waals surface area contributed by atoms with Crippen LogP contribution in [0.25, 0.3) is 0 Å². The van der Waals surface area contributed by atoms with Crippen molar-refractivity contribution < 1.29 is 4.79 Å². The predicted octanol–water partition coefficient (Wildman–Crippen LogP) is 1.38. The first-order valence-electron chi connectivity index (χ1n) is 7.76. The number of rotatable bonds is 3.